The number of aliphatic hydroxyl groups is 1. The van der Waals surface area contributed by atoms with Crippen molar-refractivity contribution in [3.63, 3.8) is 0 Å². The van der Waals surface area contributed by atoms with E-state index in [0.29, 0.717) is 12.4 Å². The van der Waals surface area contributed by atoms with E-state index in [1.54, 1.807) is 17.7 Å². The second kappa shape index (κ2) is 6.03. The molecule has 0 saturated carbocycles. The number of aromatic nitrogens is 1. The van der Waals surface area contributed by atoms with E-state index in [2.05, 4.69) is 0 Å². The van der Waals surface area contributed by atoms with Crippen LogP contribution in [0.4, 0.5) is 0 Å². The molecule has 0 aliphatic heterocycles. The van der Waals surface area contributed by atoms with Gasteiger partial charge in [-0.15, -0.1) is 0 Å². The third-order valence-corrected chi connectivity index (χ3v) is 3.73. The zero-order chi connectivity index (χ0) is 15.5. The van der Waals surface area contributed by atoms with Crippen molar-refractivity contribution in [3.05, 3.63) is 76.1 Å². The van der Waals surface area contributed by atoms with Gasteiger partial charge in [-0.05, 0) is 35.2 Å². The maximum atomic E-state index is 11.6. The van der Waals surface area contributed by atoms with Gasteiger partial charge in [0.25, 0.3) is 5.56 Å². The van der Waals surface area contributed by atoms with Crippen molar-refractivity contribution in [3.8, 4) is 5.75 Å². The third kappa shape index (κ3) is 2.73. The number of pyridine rings is 1. The van der Waals surface area contributed by atoms with Crippen LogP contribution in [0.2, 0.25) is 0 Å². The average molecular weight is 295 g/mol. The van der Waals surface area contributed by atoms with Gasteiger partial charge in [-0.1, -0.05) is 24.3 Å². The van der Waals surface area contributed by atoms with Gasteiger partial charge in [0, 0.05) is 18.7 Å². The molecule has 0 aliphatic rings. The van der Waals surface area contributed by atoms with Gasteiger partial charge in [-0.25, -0.2) is 0 Å². The summed E-state index contributed by atoms with van der Waals surface area (Å²) in [6.45, 7) is 0.367. The molecular formula is C18H17NO3. The Bertz CT molecular complexity index is 868. The first-order chi connectivity index (χ1) is 10.7. The van der Waals surface area contributed by atoms with E-state index in [0.717, 1.165) is 22.0 Å². The Morgan fingerprint density at radius 3 is 2.73 bits per heavy atom. The molecule has 22 heavy (non-hydrogen) atoms. The minimum Gasteiger partial charge on any atom is -0.489 e. The summed E-state index contributed by atoms with van der Waals surface area (Å²) in [6.07, 6.45) is 0. The molecular weight excluding hydrogens is 278 g/mol. The van der Waals surface area contributed by atoms with Crippen LogP contribution in [-0.2, 0) is 20.3 Å². The predicted octanol–water partition coefficient (Wildman–Crippen LogP) is 2.61. The summed E-state index contributed by atoms with van der Waals surface area (Å²) in [5.74, 6) is 0.686. The lowest BCUT2D eigenvalue weighted by molar-refractivity contribution is 0.259. The molecule has 0 radical (unpaired) electrons. The zero-order valence-electron chi connectivity index (χ0n) is 12.3. The van der Waals surface area contributed by atoms with Crippen LogP contribution in [0.3, 0.4) is 0 Å². The average Bonchev–Trinajstić information content (AvgIpc) is 2.56. The smallest absolute Gasteiger partial charge is 0.250 e. The van der Waals surface area contributed by atoms with Crippen molar-refractivity contribution in [2.75, 3.05) is 0 Å². The largest absolute Gasteiger partial charge is 0.489 e. The monoisotopic (exact) mass is 295 g/mol. The van der Waals surface area contributed by atoms with E-state index >= 15 is 0 Å². The first kappa shape index (κ1) is 14.4. The molecule has 0 saturated heterocycles. The molecule has 4 nitrogen and oxygen atoms in total. The Labute approximate surface area is 128 Å². The molecule has 0 unspecified atom stereocenters. The molecule has 1 aromatic heterocycles. The van der Waals surface area contributed by atoms with Crippen LogP contribution >= 0.6 is 0 Å². The number of para-hydroxylation sites is 1. The number of fused-ring (bicyclic) bond motifs is 1. The van der Waals surface area contributed by atoms with E-state index in [1.807, 2.05) is 48.5 Å². The molecule has 2 aromatic carbocycles. The minimum atomic E-state index is -0.0456. The van der Waals surface area contributed by atoms with Crippen molar-refractivity contribution in [1.29, 1.82) is 0 Å². The van der Waals surface area contributed by atoms with Gasteiger partial charge in [-0.3, -0.25) is 4.79 Å². The highest BCUT2D eigenvalue weighted by atomic mass is 16.5. The number of aryl methyl sites for hydroxylation is 1. The zero-order valence-corrected chi connectivity index (χ0v) is 12.3. The molecule has 3 aromatic rings. The van der Waals surface area contributed by atoms with Gasteiger partial charge in [0.2, 0.25) is 0 Å². The lowest BCUT2D eigenvalue weighted by atomic mass is 10.1. The quantitative estimate of drug-likeness (QED) is 0.805. The number of benzene rings is 2. The number of hydrogen-bond donors (Lipinski definition) is 1. The molecule has 0 aliphatic carbocycles. The Kier molecular flexibility index (Phi) is 3.94. The van der Waals surface area contributed by atoms with E-state index in [-0.39, 0.29) is 12.2 Å². The van der Waals surface area contributed by atoms with Crippen molar-refractivity contribution in [2.24, 2.45) is 7.05 Å². The maximum Gasteiger partial charge on any atom is 0.250 e. The number of hydrogen-bond acceptors (Lipinski definition) is 3. The maximum absolute atomic E-state index is 11.6. The molecule has 1 heterocycles. The highest BCUT2D eigenvalue weighted by Crippen LogP contribution is 2.20. The predicted molar refractivity (Wildman–Crippen MR) is 85.9 cm³/mol. The standard InChI is InChI=1S/C18H17NO3/c1-19-16-8-6-13(10-14(16)7-9-18(19)21)12-22-17-5-3-2-4-15(17)11-20/h2-10,20H,11-12H2,1H3. The van der Waals surface area contributed by atoms with Crippen LogP contribution in [0.15, 0.2) is 59.4 Å². The number of rotatable bonds is 4. The van der Waals surface area contributed by atoms with Crippen molar-refractivity contribution in [1.82, 2.24) is 4.57 Å². The summed E-state index contributed by atoms with van der Waals surface area (Å²) < 4.78 is 7.41. The highest BCUT2D eigenvalue weighted by Gasteiger charge is 2.04. The number of aliphatic hydroxyl groups excluding tert-OH is 1. The Morgan fingerprint density at radius 1 is 1.09 bits per heavy atom. The summed E-state index contributed by atoms with van der Waals surface area (Å²) in [5.41, 5.74) is 2.66. The SMILES string of the molecule is Cn1c(=O)ccc2cc(COc3ccccc3CO)ccc21. The van der Waals surface area contributed by atoms with E-state index in [1.165, 1.54) is 0 Å². The Balaban J connectivity index is 1.86. The van der Waals surface area contributed by atoms with Gasteiger partial charge in [0.15, 0.2) is 0 Å². The lowest BCUT2D eigenvalue weighted by Gasteiger charge is -2.11. The number of ether oxygens (including phenoxy) is 1. The molecule has 0 spiro atoms. The fourth-order valence-electron chi connectivity index (χ4n) is 2.46. The van der Waals surface area contributed by atoms with Crippen molar-refractivity contribution >= 4 is 10.9 Å². The minimum absolute atomic E-state index is 0.0200. The van der Waals surface area contributed by atoms with Crippen LogP contribution < -0.4 is 10.3 Å². The molecule has 0 amide bonds. The van der Waals surface area contributed by atoms with Crippen LogP contribution in [0, 0.1) is 0 Å². The van der Waals surface area contributed by atoms with Crippen LogP contribution in [0.25, 0.3) is 10.9 Å². The molecule has 4 heteroatoms. The molecule has 1 N–H and O–H groups in total. The first-order valence-corrected chi connectivity index (χ1v) is 7.09. The molecule has 0 atom stereocenters. The van der Waals surface area contributed by atoms with Crippen LogP contribution in [0.1, 0.15) is 11.1 Å². The van der Waals surface area contributed by atoms with Gasteiger partial charge in [0.1, 0.15) is 12.4 Å². The normalized spacial score (nSPS) is 10.8. The molecule has 0 fully saturated rings. The van der Waals surface area contributed by atoms with Crippen LogP contribution in [0.5, 0.6) is 5.75 Å². The molecule has 3 rings (SSSR count). The fraction of sp³-hybridized carbons (Fsp3) is 0.167. The van der Waals surface area contributed by atoms with Crippen molar-refractivity contribution < 1.29 is 9.84 Å². The summed E-state index contributed by atoms with van der Waals surface area (Å²) in [5, 5.41) is 10.3. The summed E-state index contributed by atoms with van der Waals surface area (Å²) in [6, 6.07) is 16.7. The van der Waals surface area contributed by atoms with E-state index in [9.17, 15) is 9.90 Å². The summed E-state index contributed by atoms with van der Waals surface area (Å²) >= 11 is 0. The Morgan fingerprint density at radius 2 is 1.91 bits per heavy atom. The topological polar surface area (TPSA) is 51.5 Å². The first-order valence-electron chi connectivity index (χ1n) is 7.09. The van der Waals surface area contributed by atoms with Gasteiger partial charge < -0.3 is 14.4 Å². The lowest BCUT2D eigenvalue weighted by Crippen LogP contribution is -2.15. The van der Waals surface area contributed by atoms with E-state index < -0.39 is 0 Å². The molecule has 112 valence electrons. The van der Waals surface area contributed by atoms with Crippen LogP contribution in [-0.4, -0.2) is 9.67 Å². The second-order valence-electron chi connectivity index (χ2n) is 5.18. The van der Waals surface area contributed by atoms with E-state index in [4.69, 9.17) is 4.74 Å². The van der Waals surface area contributed by atoms with Gasteiger partial charge in [0.05, 0.1) is 12.1 Å². The molecule has 0 bridgehead atoms. The second-order valence-corrected chi connectivity index (χ2v) is 5.18. The highest BCUT2D eigenvalue weighted by molar-refractivity contribution is 5.79. The van der Waals surface area contributed by atoms with Gasteiger partial charge >= 0.3 is 0 Å². The van der Waals surface area contributed by atoms with Gasteiger partial charge in [-0.2, -0.15) is 0 Å². The summed E-state index contributed by atoms with van der Waals surface area (Å²) in [4.78, 5) is 11.6. The van der Waals surface area contributed by atoms with Crippen molar-refractivity contribution in [2.45, 2.75) is 13.2 Å². The Hall–Kier alpha value is -2.59. The number of nitrogens with zero attached hydrogens (tertiary/aromatic N) is 1. The summed E-state index contributed by atoms with van der Waals surface area (Å²) in [7, 11) is 1.76. The fourth-order valence-corrected chi connectivity index (χ4v) is 2.46. The third-order valence-electron chi connectivity index (χ3n) is 3.73.